The zero-order chi connectivity index (χ0) is 33.2. The number of hydrogen-bond donors (Lipinski definition) is 3. The van der Waals surface area contributed by atoms with Crippen LogP contribution in [0.2, 0.25) is 0 Å². The van der Waals surface area contributed by atoms with E-state index in [4.69, 9.17) is 9.47 Å². The van der Waals surface area contributed by atoms with E-state index in [1.54, 1.807) is 63.6 Å². The van der Waals surface area contributed by atoms with Gasteiger partial charge in [0.15, 0.2) is 23.3 Å². The van der Waals surface area contributed by atoms with Gasteiger partial charge in [-0.05, 0) is 42.8 Å². The van der Waals surface area contributed by atoms with Gasteiger partial charge in [-0.25, -0.2) is 32.5 Å². The fourth-order valence-corrected chi connectivity index (χ4v) is 5.19. The van der Waals surface area contributed by atoms with Gasteiger partial charge in [0.25, 0.3) is 5.91 Å². The minimum absolute atomic E-state index is 0.0319. The topological polar surface area (TPSA) is 110 Å². The summed E-state index contributed by atoms with van der Waals surface area (Å²) in [6.07, 6.45) is 2.74. The van der Waals surface area contributed by atoms with Gasteiger partial charge in [0, 0.05) is 46.6 Å². The predicted octanol–water partition coefficient (Wildman–Crippen LogP) is 7.67. The van der Waals surface area contributed by atoms with E-state index in [9.17, 15) is 22.4 Å². The summed E-state index contributed by atoms with van der Waals surface area (Å²) in [5.41, 5.74) is 2.02. The van der Waals surface area contributed by atoms with Gasteiger partial charge in [-0.15, -0.1) is 0 Å². The standard InChI is InChI=1S/C34H26F4N6O3/c1-17-7-10-21-20(11-12-39-33(21)43-25-14-24(35)27(36)29(38)28(25)37)30(17)44-34(45)23-6-4-5-22-31(23)41-16-42-32(22)40-15-18-8-9-19(46-2)13-26(18)47-3/h4-14,16H,15H2,1-3H3,(H,39,43)(H,44,45)(H,40,41,42). The number of rotatable bonds is 9. The molecule has 0 saturated carbocycles. The van der Waals surface area contributed by atoms with Gasteiger partial charge in [0.05, 0.1) is 36.7 Å². The number of carbonyl (C=O) groups excluding carboxylic acids is 1. The van der Waals surface area contributed by atoms with Crippen molar-refractivity contribution in [3.05, 3.63) is 113 Å². The molecule has 47 heavy (non-hydrogen) atoms. The molecule has 9 nitrogen and oxygen atoms in total. The van der Waals surface area contributed by atoms with Crippen molar-refractivity contribution in [1.29, 1.82) is 0 Å². The molecule has 0 saturated heterocycles. The highest BCUT2D eigenvalue weighted by Crippen LogP contribution is 2.34. The Kier molecular flexibility index (Phi) is 8.44. The van der Waals surface area contributed by atoms with Crippen LogP contribution in [0.25, 0.3) is 21.7 Å². The first-order chi connectivity index (χ1) is 22.7. The third-order valence-electron chi connectivity index (χ3n) is 7.60. The number of fused-ring (bicyclic) bond motifs is 2. The lowest BCUT2D eigenvalue weighted by Crippen LogP contribution is -2.15. The Morgan fingerprint density at radius 3 is 2.43 bits per heavy atom. The molecule has 6 aromatic rings. The van der Waals surface area contributed by atoms with E-state index >= 15 is 0 Å². The Morgan fingerprint density at radius 2 is 1.64 bits per heavy atom. The number of nitrogens with zero attached hydrogens (tertiary/aromatic N) is 3. The molecular formula is C34H26F4N6O3. The number of halogens is 4. The van der Waals surface area contributed by atoms with Crippen molar-refractivity contribution in [1.82, 2.24) is 15.0 Å². The molecule has 6 rings (SSSR count). The van der Waals surface area contributed by atoms with Gasteiger partial charge in [0.2, 0.25) is 0 Å². The van der Waals surface area contributed by atoms with E-state index in [2.05, 4.69) is 30.9 Å². The average Bonchev–Trinajstić information content (AvgIpc) is 3.09. The quantitative estimate of drug-likeness (QED) is 0.0838. The number of aryl methyl sites for hydroxylation is 1. The highest BCUT2D eigenvalue weighted by Gasteiger charge is 2.21. The Morgan fingerprint density at radius 1 is 0.809 bits per heavy atom. The van der Waals surface area contributed by atoms with Crippen LogP contribution in [0.15, 0.2) is 73.2 Å². The first-order valence-corrected chi connectivity index (χ1v) is 14.2. The zero-order valence-corrected chi connectivity index (χ0v) is 25.2. The van der Waals surface area contributed by atoms with Crippen LogP contribution < -0.4 is 25.4 Å². The summed E-state index contributed by atoms with van der Waals surface area (Å²) in [6, 6.07) is 16.1. The van der Waals surface area contributed by atoms with Crippen LogP contribution in [0, 0.1) is 30.2 Å². The van der Waals surface area contributed by atoms with Crippen LogP contribution in [0.3, 0.4) is 0 Å². The van der Waals surface area contributed by atoms with Crippen LogP contribution in [-0.2, 0) is 6.54 Å². The molecule has 0 unspecified atom stereocenters. The highest BCUT2D eigenvalue weighted by atomic mass is 19.2. The van der Waals surface area contributed by atoms with Crippen LogP contribution >= 0.6 is 0 Å². The molecule has 2 aromatic heterocycles. The first kappa shape index (κ1) is 31.0. The molecule has 0 atom stereocenters. The lowest BCUT2D eigenvalue weighted by Gasteiger charge is -2.16. The molecule has 238 valence electrons. The van der Waals surface area contributed by atoms with E-state index in [0.29, 0.717) is 62.9 Å². The summed E-state index contributed by atoms with van der Waals surface area (Å²) in [5, 5.41) is 10.3. The number of carbonyl (C=O) groups is 1. The minimum Gasteiger partial charge on any atom is -0.497 e. The van der Waals surface area contributed by atoms with Crippen molar-refractivity contribution >= 4 is 50.6 Å². The van der Waals surface area contributed by atoms with Crippen molar-refractivity contribution in [2.45, 2.75) is 13.5 Å². The summed E-state index contributed by atoms with van der Waals surface area (Å²) >= 11 is 0. The second-order valence-corrected chi connectivity index (χ2v) is 10.4. The molecule has 13 heteroatoms. The molecular weight excluding hydrogens is 616 g/mol. The van der Waals surface area contributed by atoms with Gasteiger partial charge in [0.1, 0.15) is 29.5 Å². The molecule has 0 aliphatic rings. The zero-order valence-electron chi connectivity index (χ0n) is 25.2. The molecule has 0 fully saturated rings. The molecule has 4 aromatic carbocycles. The van der Waals surface area contributed by atoms with Crippen molar-refractivity contribution in [2.24, 2.45) is 0 Å². The molecule has 0 aliphatic heterocycles. The van der Waals surface area contributed by atoms with E-state index in [0.717, 1.165) is 5.56 Å². The van der Waals surface area contributed by atoms with Crippen LogP contribution in [0.5, 0.6) is 11.5 Å². The number of nitrogens with one attached hydrogen (secondary N) is 3. The fourth-order valence-electron chi connectivity index (χ4n) is 5.19. The second-order valence-electron chi connectivity index (χ2n) is 10.4. The van der Waals surface area contributed by atoms with Crippen molar-refractivity contribution in [3.63, 3.8) is 0 Å². The van der Waals surface area contributed by atoms with E-state index in [1.165, 1.54) is 12.5 Å². The lowest BCUT2D eigenvalue weighted by atomic mass is 10.0. The van der Waals surface area contributed by atoms with Gasteiger partial charge < -0.3 is 25.4 Å². The third-order valence-corrected chi connectivity index (χ3v) is 7.60. The van der Waals surface area contributed by atoms with Gasteiger partial charge in [-0.2, -0.15) is 0 Å². The fraction of sp³-hybridized carbons (Fsp3) is 0.118. The Bertz CT molecular complexity index is 2180. The number of anilines is 4. The number of benzene rings is 4. The molecule has 3 N–H and O–H groups in total. The van der Waals surface area contributed by atoms with Crippen LogP contribution in [0.4, 0.5) is 40.6 Å². The number of methoxy groups -OCH3 is 2. The molecule has 0 radical (unpaired) electrons. The maximum atomic E-state index is 14.4. The lowest BCUT2D eigenvalue weighted by molar-refractivity contribution is 0.102. The minimum atomic E-state index is -1.95. The number of ether oxygens (including phenoxy) is 2. The van der Waals surface area contributed by atoms with E-state index < -0.39 is 34.9 Å². The molecule has 1 amide bonds. The maximum Gasteiger partial charge on any atom is 0.257 e. The number of pyridine rings is 1. The number of hydrogen-bond acceptors (Lipinski definition) is 8. The average molecular weight is 643 g/mol. The van der Waals surface area contributed by atoms with Crippen molar-refractivity contribution < 1.29 is 31.8 Å². The smallest absolute Gasteiger partial charge is 0.257 e. The SMILES string of the molecule is COc1ccc(CNc2ncnc3c(C(=O)Nc4c(C)ccc5c(Nc6cc(F)c(F)c(F)c6F)nccc45)cccc23)c(OC)c1. The normalized spacial score (nSPS) is 11.0. The summed E-state index contributed by atoms with van der Waals surface area (Å²) in [7, 11) is 3.15. The third kappa shape index (κ3) is 5.90. The maximum absolute atomic E-state index is 14.4. The Hall–Kier alpha value is -5.98. The highest BCUT2D eigenvalue weighted by molar-refractivity contribution is 6.16. The van der Waals surface area contributed by atoms with Crippen LogP contribution in [-0.4, -0.2) is 35.1 Å². The van der Waals surface area contributed by atoms with Gasteiger partial charge in [-0.3, -0.25) is 4.79 Å². The summed E-state index contributed by atoms with van der Waals surface area (Å²) < 4.78 is 66.4. The first-order valence-electron chi connectivity index (χ1n) is 14.2. The predicted molar refractivity (Wildman–Crippen MR) is 170 cm³/mol. The summed E-state index contributed by atoms with van der Waals surface area (Å²) in [5.74, 6) is -5.66. The number of para-hydroxylation sites is 1. The largest absolute Gasteiger partial charge is 0.497 e. The molecule has 0 bridgehead atoms. The number of amides is 1. The summed E-state index contributed by atoms with van der Waals surface area (Å²) in [6.45, 7) is 2.16. The van der Waals surface area contributed by atoms with Crippen molar-refractivity contribution in [3.8, 4) is 11.5 Å². The van der Waals surface area contributed by atoms with Gasteiger partial charge in [-0.1, -0.05) is 18.2 Å². The summed E-state index contributed by atoms with van der Waals surface area (Å²) in [4.78, 5) is 26.7. The van der Waals surface area contributed by atoms with Gasteiger partial charge >= 0.3 is 0 Å². The molecule has 0 aliphatic carbocycles. The molecule has 0 spiro atoms. The van der Waals surface area contributed by atoms with E-state index in [-0.39, 0.29) is 11.4 Å². The number of aromatic nitrogens is 3. The van der Waals surface area contributed by atoms with E-state index in [1.807, 2.05) is 12.1 Å². The Labute approximate surface area is 265 Å². The van der Waals surface area contributed by atoms with Crippen molar-refractivity contribution in [2.75, 3.05) is 30.2 Å². The second kappa shape index (κ2) is 12.8. The Balaban J connectivity index is 1.31. The molecule has 2 heterocycles. The monoisotopic (exact) mass is 642 g/mol. The van der Waals surface area contributed by atoms with Crippen LogP contribution in [0.1, 0.15) is 21.5 Å².